The zero-order valence-electron chi connectivity index (χ0n) is 18.9. The van der Waals surface area contributed by atoms with Gasteiger partial charge in [-0.1, -0.05) is 41.5 Å². The molecule has 1 aliphatic heterocycles. The molecule has 3 N–H and O–H groups in total. The van der Waals surface area contributed by atoms with Gasteiger partial charge in [0.25, 0.3) is 5.91 Å². The van der Waals surface area contributed by atoms with E-state index >= 15 is 0 Å². The van der Waals surface area contributed by atoms with Gasteiger partial charge in [-0.05, 0) is 35.8 Å². The first-order valence-electron chi connectivity index (χ1n) is 10.3. The molecule has 0 aromatic heterocycles. The summed E-state index contributed by atoms with van der Waals surface area (Å²) in [5.41, 5.74) is 6.19. The number of nitrogens with two attached hydrogens (primary N) is 1. The normalized spacial score (nSPS) is 15.7. The van der Waals surface area contributed by atoms with Crippen molar-refractivity contribution in [3.63, 3.8) is 0 Å². The number of phenols is 1. The first-order chi connectivity index (χ1) is 13.7. The van der Waals surface area contributed by atoms with Crippen LogP contribution in [0.15, 0.2) is 12.1 Å². The van der Waals surface area contributed by atoms with Gasteiger partial charge in [-0.3, -0.25) is 9.59 Å². The van der Waals surface area contributed by atoms with E-state index in [2.05, 4.69) is 0 Å². The minimum atomic E-state index is -0.605. The Hall–Kier alpha value is -2.57. The number of esters is 1. The molecule has 0 bridgehead atoms. The molecule has 7 nitrogen and oxygen atoms in total. The van der Waals surface area contributed by atoms with Gasteiger partial charge < -0.3 is 20.5 Å². The molecule has 2 amide bonds. The highest BCUT2D eigenvalue weighted by Crippen LogP contribution is 2.39. The third kappa shape index (κ3) is 5.52. The van der Waals surface area contributed by atoms with Crippen LogP contribution in [0, 0.1) is 5.92 Å². The third-order valence-corrected chi connectivity index (χ3v) is 5.54. The summed E-state index contributed by atoms with van der Waals surface area (Å²) in [4.78, 5) is 38.0. The number of hydrogen-bond acceptors (Lipinski definition) is 5. The lowest BCUT2D eigenvalue weighted by Gasteiger charge is -2.30. The maximum Gasteiger partial charge on any atom is 0.338 e. The quantitative estimate of drug-likeness (QED) is 0.731. The molecule has 7 heteroatoms. The Labute approximate surface area is 178 Å². The zero-order chi connectivity index (χ0) is 22.9. The molecule has 0 atom stereocenters. The molecule has 0 aliphatic carbocycles. The van der Waals surface area contributed by atoms with Crippen molar-refractivity contribution in [2.24, 2.45) is 11.7 Å². The number of hydrogen-bond donors (Lipinski definition) is 2. The van der Waals surface area contributed by atoms with Crippen LogP contribution in [0.4, 0.5) is 0 Å². The number of aromatic hydroxyl groups is 1. The van der Waals surface area contributed by atoms with E-state index in [0.717, 1.165) is 0 Å². The SMILES string of the molecule is CC(C)(C)c1cc(C(=O)OCC(=O)N2CCC(C(N)=O)CC2)cc(C(C)(C)C)c1O. The summed E-state index contributed by atoms with van der Waals surface area (Å²) in [6.07, 6.45) is 1.05. The molecule has 0 radical (unpaired) electrons. The fourth-order valence-electron chi connectivity index (χ4n) is 3.61. The van der Waals surface area contributed by atoms with Crippen LogP contribution in [0.1, 0.15) is 75.9 Å². The van der Waals surface area contributed by atoms with Gasteiger partial charge in [-0.2, -0.15) is 0 Å². The predicted octanol–water partition coefficient (Wildman–Crippen LogP) is 2.87. The Bertz CT molecular complexity index is 790. The molecule has 1 saturated heterocycles. The number of phenolic OH excluding ortho intramolecular Hbond substituents is 1. The molecule has 0 spiro atoms. The second-order valence-electron chi connectivity index (χ2n) is 10.1. The van der Waals surface area contributed by atoms with Gasteiger partial charge in [-0.25, -0.2) is 4.79 Å². The Morgan fingerprint density at radius 3 is 1.90 bits per heavy atom. The van der Waals surface area contributed by atoms with E-state index in [-0.39, 0.29) is 40.9 Å². The van der Waals surface area contributed by atoms with Gasteiger partial charge in [0, 0.05) is 30.1 Å². The summed E-state index contributed by atoms with van der Waals surface area (Å²) < 4.78 is 5.29. The lowest BCUT2D eigenvalue weighted by Crippen LogP contribution is -2.43. The predicted molar refractivity (Wildman–Crippen MR) is 114 cm³/mol. The minimum absolute atomic E-state index is 0.181. The molecule has 166 valence electrons. The number of carbonyl (C=O) groups excluding carboxylic acids is 3. The number of ether oxygens (including phenoxy) is 1. The standard InChI is InChI=1S/C23H34N2O5/c1-22(2,3)16-11-15(12-17(19(16)27)23(4,5)6)21(29)30-13-18(26)25-9-7-14(8-10-25)20(24)28/h11-12,14,27H,7-10,13H2,1-6H3,(H2,24,28). The van der Waals surface area contributed by atoms with Crippen molar-refractivity contribution in [1.29, 1.82) is 0 Å². The summed E-state index contributed by atoms with van der Waals surface area (Å²) >= 11 is 0. The number of nitrogens with zero attached hydrogens (tertiary/aromatic N) is 1. The molecular weight excluding hydrogens is 384 g/mol. The maximum atomic E-state index is 12.7. The van der Waals surface area contributed by atoms with Crippen LogP contribution in [0.3, 0.4) is 0 Å². The number of benzene rings is 1. The molecule has 0 saturated carbocycles. The van der Waals surface area contributed by atoms with E-state index < -0.39 is 5.97 Å². The van der Waals surface area contributed by atoms with Crippen molar-refractivity contribution in [2.75, 3.05) is 19.7 Å². The molecule has 1 aliphatic rings. The topological polar surface area (TPSA) is 110 Å². The van der Waals surface area contributed by atoms with Crippen molar-refractivity contribution in [1.82, 2.24) is 4.90 Å². The monoisotopic (exact) mass is 418 g/mol. The molecule has 30 heavy (non-hydrogen) atoms. The van der Waals surface area contributed by atoms with Crippen LogP contribution in [-0.2, 0) is 25.2 Å². The number of likely N-dealkylation sites (tertiary alicyclic amines) is 1. The minimum Gasteiger partial charge on any atom is -0.507 e. The van der Waals surface area contributed by atoms with Gasteiger partial charge in [0.15, 0.2) is 6.61 Å². The zero-order valence-corrected chi connectivity index (χ0v) is 18.9. The summed E-state index contributed by atoms with van der Waals surface area (Å²) in [6, 6.07) is 3.27. The first kappa shape index (κ1) is 23.7. The Morgan fingerprint density at radius 1 is 1.03 bits per heavy atom. The Kier molecular flexibility index (Phi) is 6.84. The van der Waals surface area contributed by atoms with Crippen molar-refractivity contribution in [3.05, 3.63) is 28.8 Å². The van der Waals surface area contributed by atoms with Gasteiger partial charge >= 0.3 is 5.97 Å². The Balaban J connectivity index is 2.13. The maximum absolute atomic E-state index is 12.7. The lowest BCUT2D eigenvalue weighted by molar-refractivity contribution is -0.137. The summed E-state index contributed by atoms with van der Waals surface area (Å²) in [5, 5.41) is 10.8. The van der Waals surface area contributed by atoms with Gasteiger partial charge in [0.05, 0.1) is 5.56 Å². The van der Waals surface area contributed by atoms with E-state index in [4.69, 9.17) is 10.5 Å². The fourth-order valence-corrected chi connectivity index (χ4v) is 3.61. The second-order valence-corrected chi connectivity index (χ2v) is 10.1. The second kappa shape index (κ2) is 8.66. The average Bonchev–Trinajstić information content (AvgIpc) is 2.64. The molecule has 1 fully saturated rings. The Morgan fingerprint density at radius 2 is 1.50 bits per heavy atom. The molecular formula is C23H34N2O5. The number of amides is 2. The van der Waals surface area contributed by atoms with E-state index in [1.807, 2.05) is 41.5 Å². The van der Waals surface area contributed by atoms with Crippen LogP contribution >= 0.6 is 0 Å². The highest BCUT2D eigenvalue weighted by molar-refractivity contribution is 5.92. The number of primary amides is 1. The third-order valence-electron chi connectivity index (χ3n) is 5.54. The van der Waals surface area contributed by atoms with Crippen LogP contribution < -0.4 is 5.73 Å². The number of piperidine rings is 1. The smallest absolute Gasteiger partial charge is 0.338 e. The fraction of sp³-hybridized carbons (Fsp3) is 0.609. The van der Waals surface area contributed by atoms with Crippen molar-refractivity contribution < 1.29 is 24.2 Å². The molecule has 2 rings (SSSR count). The van der Waals surface area contributed by atoms with E-state index in [1.165, 1.54) is 0 Å². The van der Waals surface area contributed by atoms with Crippen LogP contribution in [0.25, 0.3) is 0 Å². The van der Waals surface area contributed by atoms with Gasteiger partial charge in [0.1, 0.15) is 5.75 Å². The van der Waals surface area contributed by atoms with Gasteiger partial charge in [-0.15, -0.1) is 0 Å². The number of carbonyl (C=O) groups is 3. The van der Waals surface area contributed by atoms with Crippen LogP contribution in [-0.4, -0.2) is 47.5 Å². The van der Waals surface area contributed by atoms with Crippen LogP contribution in [0.2, 0.25) is 0 Å². The largest absolute Gasteiger partial charge is 0.507 e. The van der Waals surface area contributed by atoms with Gasteiger partial charge in [0.2, 0.25) is 5.91 Å². The van der Waals surface area contributed by atoms with E-state index in [0.29, 0.717) is 42.6 Å². The average molecular weight is 419 g/mol. The van der Waals surface area contributed by atoms with E-state index in [9.17, 15) is 19.5 Å². The molecule has 1 aromatic rings. The van der Waals surface area contributed by atoms with Crippen LogP contribution in [0.5, 0.6) is 5.75 Å². The highest BCUT2D eigenvalue weighted by atomic mass is 16.5. The number of rotatable bonds is 4. The molecule has 1 aromatic carbocycles. The molecule has 1 heterocycles. The van der Waals surface area contributed by atoms with Crippen molar-refractivity contribution in [2.45, 2.75) is 65.2 Å². The summed E-state index contributed by atoms with van der Waals surface area (Å²) in [7, 11) is 0. The molecule has 0 unspecified atom stereocenters. The summed E-state index contributed by atoms with van der Waals surface area (Å²) in [5.74, 6) is -1.27. The van der Waals surface area contributed by atoms with Crippen molar-refractivity contribution >= 4 is 17.8 Å². The highest BCUT2D eigenvalue weighted by Gasteiger charge is 2.29. The first-order valence-corrected chi connectivity index (χ1v) is 10.3. The lowest BCUT2D eigenvalue weighted by atomic mass is 9.78. The summed E-state index contributed by atoms with van der Waals surface area (Å²) in [6.45, 7) is 12.2. The van der Waals surface area contributed by atoms with Crippen molar-refractivity contribution in [3.8, 4) is 5.75 Å². The van der Waals surface area contributed by atoms with E-state index in [1.54, 1.807) is 17.0 Å².